The van der Waals surface area contributed by atoms with Gasteiger partial charge in [0.1, 0.15) is 6.10 Å². The van der Waals surface area contributed by atoms with Gasteiger partial charge in [-0.1, -0.05) is 59.4 Å². The predicted octanol–water partition coefficient (Wildman–Crippen LogP) is 5.40. The van der Waals surface area contributed by atoms with Crippen LogP contribution in [0.4, 0.5) is 0 Å². The van der Waals surface area contributed by atoms with Gasteiger partial charge in [-0.2, -0.15) is 0 Å². The second kappa shape index (κ2) is 12.4. The first-order valence-electron chi connectivity index (χ1n) is 14.3. The van der Waals surface area contributed by atoms with Crippen molar-refractivity contribution in [3.05, 3.63) is 36.5 Å². The first kappa shape index (κ1) is 31.1. The SMILES string of the molecule is C=CC(=C)CC[C@]1(C)[C@H]2C[C@@H](OC(=O)C(C)CC)C=C3[C@H](OC(=O)CCC)O[C@H](OC(C)=O)[C@@]32[C@H](O)C[C@@H]1C. The Morgan fingerprint density at radius 3 is 2.49 bits per heavy atom. The summed E-state index contributed by atoms with van der Waals surface area (Å²) in [6, 6.07) is 0. The highest BCUT2D eigenvalue weighted by atomic mass is 16.8. The molecule has 0 aromatic rings. The Hall–Kier alpha value is -2.45. The molecule has 39 heavy (non-hydrogen) atoms. The summed E-state index contributed by atoms with van der Waals surface area (Å²) in [6.45, 7) is 19.1. The second-order valence-electron chi connectivity index (χ2n) is 11.8. The standard InChI is InChI=1S/C31H46O8/c1-9-12-26(34)38-28-23-16-22(37-27(35)19(5)11-3)17-24-30(8,14-13-18(4)10-2)20(6)15-25(33)31(23,24)29(39-28)36-21(7)32/h10,16,19-20,22,24-25,28-29,33H,2,4,9,11-15,17H2,1,3,5-8H3/t19?,20-,22-,24+,25+,28+,29-,30-,31-/m0/s1. The Kier molecular flexibility index (Phi) is 9.87. The molecule has 1 spiro atoms. The molecule has 0 aromatic carbocycles. The number of ether oxygens (including phenoxy) is 4. The fraction of sp³-hybridized carbons (Fsp3) is 0.710. The molecule has 1 aliphatic heterocycles. The van der Waals surface area contributed by atoms with Crippen LogP contribution in [-0.4, -0.2) is 47.8 Å². The van der Waals surface area contributed by atoms with Gasteiger partial charge in [0.25, 0.3) is 0 Å². The number of aliphatic hydroxyl groups excluding tert-OH is 1. The Morgan fingerprint density at radius 1 is 1.21 bits per heavy atom. The average Bonchev–Trinajstić information content (AvgIpc) is 3.17. The fourth-order valence-electron chi connectivity index (χ4n) is 6.68. The van der Waals surface area contributed by atoms with Crippen LogP contribution in [0.2, 0.25) is 0 Å². The molecule has 0 aromatic heterocycles. The molecule has 0 bridgehead atoms. The summed E-state index contributed by atoms with van der Waals surface area (Å²) >= 11 is 0. The van der Waals surface area contributed by atoms with Gasteiger partial charge in [0, 0.05) is 18.9 Å². The van der Waals surface area contributed by atoms with E-state index in [-0.39, 0.29) is 30.1 Å². The summed E-state index contributed by atoms with van der Waals surface area (Å²) in [5.41, 5.74) is -0.153. The third-order valence-corrected chi connectivity index (χ3v) is 9.37. The zero-order valence-electron chi connectivity index (χ0n) is 24.4. The molecular formula is C31H46O8. The average molecular weight is 547 g/mol. The quantitative estimate of drug-likeness (QED) is 0.159. The Morgan fingerprint density at radius 2 is 1.90 bits per heavy atom. The molecular weight excluding hydrogens is 500 g/mol. The van der Waals surface area contributed by atoms with Gasteiger partial charge in [-0.3, -0.25) is 19.1 Å². The number of esters is 3. The van der Waals surface area contributed by atoms with E-state index < -0.39 is 47.6 Å². The van der Waals surface area contributed by atoms with E-state index in [2.05, 4.69) is 27.0 Å². The molecule has 8 nitrogen and oxygen atoms in total. The minimum absolute atomic E-state index is 0.0747. The van der Waals surface area contributed by atoms with Crippen molar-refractivity contribution >= 4 is 17.9 Å². The van der Waals surface area contributed by atoms with Crippen molar-refractivity contribution in [3.63, 3.8) is 0 Å². The number of hydrogen-bond donors (Lipinski definition) is 1. The van der Waals surface area contributed by atoms with Crippen LogP contribution >= 0.6 is 0 Å². The van der Waals surface area contributed by atoms with E-state index in [1.54, 1.807) is 12.2 Å². The summed E-state index contributed by atoms with van der Waals surface area (Å²) in [6.07, 6.45) is 3.28. The zero-order chi connectivity index (χ0) is 29.1. The fourth-order valence-corrected chi connectivity index (χ4v) is 6.68. The third kappa shape index (κ3) is 5.87. The van der Waals surface area contributed by atoms with Crippen LogP contribution in [0.5, 0.6) is 0 Å². The number of rotatable bonds is 11. The van der Waals surface area contributed by atoms with Crippen LogP contribution in [0, 0.1) is 28.6 Å². The number of carbonyl (C=O) groups is 3. The number of carbonyl (C=O) groups excluding carboxylic acids is 3. The molecule has 218 valence electrons. The van der Waals surface area contributed by atoms with Crippen molar-refractivity contribution in [1.82, 2.24) is 0 Å². The molecule has 8 heteroatoms. The van der Waals surface area contributed by atoms with Crippen molar-refractivity contribution < 1.29 is 38.4 Å². The van der Waals surface area contributed by atoms with Crippen molar-refractivity contribution in [2.75, 3.05) is 0 Å². The summed E-state index contributed by atoms with van der Waals surface area (Å²) < 4.78 is 23.7. The van der Waals surface area contributed by atoms with Gasteiger partial charge < -0.3 is 19.3 Å². The Balaban J connectivity index is 2.18. The zero-order valence-corrected chi connectivity index (χ0v) is 24.4. The molecule has 0 amide bonds. The molecule has 3 aliphatic rings. The predicted molar refractivity (Wildman–Crippen MR) is 146 cm³/mol. The molecule has 1 saturated heterocycles. The lowest BCUT2D eigenvalue weighted by atomic mass is 9.45. The van der Waals surface area contributed by atoms with Crippen LogP contribution < -0.4 is 0 Å². The third-order valence-electron chi connectivity index (χ3n) is 9.37. The van der Waals surface area contributed by atoms with Crippen molar-refractivity contribution in [3.8, 4) is 0 Å². The van der Waals surface area contributed by atoms with E-state index in [1.807, 2.05) is 20.8 Å². The first-order valence-corrected chi connectivity index (χ1v) is 14.3. The molecule has 0 radical (unpaired) electrons. The van der Waals surface area contributed by atoms with Crippen LogP contribution in [-0.2, 0) is 33.3 Å². The van der Waals surface area contributed by atoms with E-state index in [0.29, 0.717) is 37.7 Å². The molecule has 1 heterocycles. The maximum atomic E-state index is 12.9. The maximum absolute atomic E-state index is 12.9. The molecule has 9 atom stereocenters. The monoisotopic (exact) mass is 546 g/mol. The van der Waals surface area contributed by atoms with Crippen LogP contribution in [0.1, 0.15) is 86.5 Å². The van der Waals surface area contributed by atoms with Crippen molar-refractivity contribution in [1.29, 1.82) is 0 Å². The maximum Gasteiger partial charge on any atom is 0.309 e. The Bertz CT molecular complexity index is 1000. The van der Waals surface area contributed by atoms with Crippen molar-refractivity contribution in [2.24, 2.45) is 28.6 Å². The lowest BCUT2D eigenvalue weighted by Gasteiger charge is -2.60. The van der Waals surface area contributed by atoms with E-state index in [4.69, 9.17) is 18.9 Å². The lowest BCUT2D eigenvalue weighted by Crippen LogP contribution is -2.63. The van der Waals surface area contributed by atoms with Crippen LogP contribution in [0.3, 0.4) is 0 Å². The largest absolute Gasteiger partial charge is 0.458 e. The highest BCUT2D eigenvalue weighted by molar-refractivity contribution is 5.72. The molecule has 2 aliphatic carbocycles. The van der Waals surface area contributed by atoms with Gasteiger partial charge in [0.15, 0.2) is 0 Å². The van der Waals surface area contributed by atoms with Crippen LogP contribution in [0.15, 0.2) is 36.5 Å². The highest BCUT2D eigenvalue weighted by Gasteiger charge is 2.71. The molecule has 2 fully saturated rings. The Labute approximate surface area is 232 Å². The van der Waals surface area contributed by atoms with Gasteiger partial charge in [-0.25, -0.2) is 0 Å². The normalized spacial score (nSPS) is 36.0. The summed E-state index contributed by atoms with van der Waals surface area (Å²) in [4.78, 5) is 37.8. The van der Waals surface area contributed by atoms with E-state index in [1.165, 1.54) is 6.92 Å². The summed E-state index contributed by atoms with van der Waals surface area (Å²) in [5.74, 6) is -1.86. The number of allylic oxidation sites excluding steroid dienone is 2. The van der Waals surface area contributed by atoms with Gasteiger partial charge in [0.2, 0.25) is 12.6 Å². The summed E-state index contributed by atoms with van der Waals surface area (Å²) in [5, 5.41) is 11.8. The molecule has 1 unspecified atom stereocenters. The molecule has 3 rings (SSSR count). The van der Waals surface area contributed by atoms with Gasteiger partial charge in [-0.15, -0.1) is 0 Å². The van der Waals surface area contributed by atoms with Gasteiger partial charge in [0.05, 0.1) is 17.4 Å². The molecule has 1 N–H and O–H groups in total. The minimum atomic E-state index is -1.17. The van der Waals surface area contributed by atoms with Gasteiger partial charge in [-0.05, 0) is 61.9 Å². The van der Waals surface area contributed by atoms with E-state index >= 15 is 0 Å². The van der Waals surface area contributed by atoms with E-state index in [0.717, 1.165) is 12.0 Å². The number of hydrogen-bond acceptors (Lipinski definition) is 8. The topological polar surface area (TPSA) is 108 Å². The second-order valence-corrected chi connectivity index (χ2v) is 11.8. The van der Waals surface area contributed by atoms with Crippen LogP contribution in [0.25, 0.3) is 0 Å². The first-order chi connectivity index (χ1) is 18.3. The highest BCUT2D eigenvalue weighted by Crippen LogP contribution is 2.67. The van der Waals surface area contributed by atoms with Crippen molar-refractivity contribution in [2.45, 2.75) is 111 Å². The van der Waals surface area contributed by atoms with E-state index in [9.17, 15) is 19.5 Å². The number of aliphatic hydroxyl groups is 1. The van der Waals surface area contributed by atoms with Gasteiger partial charge >= 0.3 is 17.9 Å². The molecule has 1 saturated carbocycles. The smallest absolute Gasteiger partial charge is 0.309 e. The summed E-state index contributed by atoms with van der Waals surface area (Å²) in [7, 11) is 0. The minimum Gasteiger partial charge on any atom is -0.458 e. The lowest BCUT2D eigenvalue weighted by molar-refractivity contribution is -0.255.